The van der Waals surface area contributed by atoms with Crippen LogP contribution in [0, 0.1) is 11.3 Å². The van der Waals surface area contributed by atoms with Gasteiger partial charge in [0.25, 0.3) is 0 Å². The molecule has 0 unspecified atom stereocenters. The van der Waals surface area contributed by atoms with Gasteiger partial charge in [-0.2, -0.15) is 5.26 Å². The van der Waals surface area contributed by atoms with Gasteiger partial charge in [0, 0.05) is 6.54 Å². The SMILES string of the molecule is N#Cc1ccsc1N1CC[C@@H](Sc2ncnc3nc[nH]c23)C1=O. The second-order valence-corrected chi connectivity index (χ2v) is 7.00. The highest BCUT2D eigenvalue weighted by Gasteiger charge is 2.35. The normalized spacial score (nSPS) is 17.8. The number of imidazole rings is 1. The van der Waals surface area contributed by atoms with E-state index in [2.05, 4.69) is 26.0 Å². The Kier molecular flexibility index (Phi) is 3.48. The lowest BCUT2D eigenvalue weighted by Crippen LogP contribution is -2.27. The van der Waals surface area contributed by atoms with Gasteiger partial charge in [-0.15, -0.1) is 11.3 Å². The van der Waals surface area contributed by atoms with E-state index >= 15 is 0 Å². The number of nitrogens with one attached hydrogen (secondary N) is 1. The Morgan fingerprint density at radius 2 is 2.35 bits per heavy atom. The molecule has 0 spiro atoms. The summed E-state index contributed by atoms with van der Waals surface area (Å²) in [7, 11) is 0. The Bertz CT molecular complexity index is 927. The molecule has 7 nitrogen and oxygen atoms in total. The van der Waals surface area contributed by atoms with Gasteiger partial charge in [0.2, 0.25) is 5.91 Å². The van der Waals surface area contributed by atoms with Crippen molar-refractivity contribution in [3.05, 3.63) is 29.7 Å². The maximum absolute atomic E-state index is 12.7. The minimum Gasteiger partial charge on any atom is -0.341 e. The highest BCUT2D eigenvalue weighted by atomic mass is 32.2. The van der Waals surface area contributed by atoms with Gasteiger partial charge in [0.15, 0.2) is 5.65 Å². The molecule has 0 radical (unpaired) electrons. The molecule has 3 aromatic rings. The van der Waals surface area contributed by atoms with Crippen molar-refractivity contribution in [2.24, 2.45) is 0 Å². The van der Waals surface area contributed by atoms with Crippen molar-refractivity contribution >= 4 is 45.2 Å². The summed E-state index contributed by atoms with van der Waals surface area (Å²) in [6.07, 6.45) is 3.73. The summed E-state index contributed by atoms with van der Waals surface area (Å²) >= 11 is 2.84. The van der Waals surface area contributed by atoms with Crippen LogP contribution in [0.5, 0.6) is 0 Å². The molecular formula is C14H10N6OS2. The lowest BCUT2D eigenvalue weighted by molar-refractivity contribution is -0.116. The summed E-state index contributed by atoms with van der Waals surface area (Å²) in [5.41, 5.74) is 1.89. The molecule has 1 aliphatic rings. The molecule has 0 saturated carbocycles. The molecule has 1 aliphatic heterocycles. The molecule has 0 bridgehead atoms. The van der Waals surface area contributed by atoms with Gasteiger partial charge >= 0.3 is 0 Å². The number of carbonyl (C=O) groups excluding carboxylic acids is 1. The zero-order valence-corrected chi connectivity index (χ0v) is 13.4. The molecule has 9 heteroatoms. The van der Waals surface area contributed by atoms with Crippen LogP contribution in [0.15, 0.2) is 29.1 Å². The first-order chi connectivity index (χ1) is 11.3. The van der Waals surface area contributed by atoms with Crippen molar-refractivity contribution in [3.8, 4) is 6.07 Å². The van der Waals surface area contributed by atoms with E-state index in [1.807, 2.05) is 5.38 Å². The quantitative estimate of drug-likeness (QED) is 0.733. The Labute approximate surface area is 139 Å². The lowest BCUT2D eigenvalue weighted by atomic mass is 10.3. The van der Waals surface area contributed by atoms with E-state index in [1.54, 1.807) is 17.3 Å². The lowest BCUT2D eigenvalue weighted by Gasteiger charge is -2.14. The van der Waals surface area contributed by atoms with E-state index in [9.17, 15) is 4.79 Å². The first-order valence-electron chi connectivity index (χ1n) is 6.87. The fourth-order valence-corrected chi connectivity index (χ4v) is 4.51. The van der Waals surface area contributed by atoms with Crippen LogP contribution in [0.3, 0.4) is 0 Å². The van der Waals surface area contributed by atoms with Gasteiger partial charge in [-0.25, -0.2) is 15.0 Å². The summed E-state index contributed by atoms with van der Waals surface area (Å²) < 4.78 is 0. The topological polar surface area (TPSA) is 98.6 Å². The van der Waals surface area contributed by atoms with Crippen molar-refractivity contribution in [1.82, 2.24) is 19.9 Å². The van der Waals surface area contributed by atoms with Gasteiger partial charge < -0.3 is 9.88 Å². The number of nitrogens with zero attached hydrogens (tertiary/aromatic N) is 5. The number of H-pyrrole nitrogens is 1. The number of aromatic nitrogens is 4. The average molecular weight is 342 g/mol. The van der Waals surface area contributed by atoms with Gasteiger partial charge in [-0.3, -0.25) is 4.79 Å². The monoisotopic (exact) mass is 342 g/mol. The molecule has 0 aromatic carbocycles. The van der Waals surface area contributed by atoms with E-state index in [0.717, 1.165) is 15.5 Å². The summed E-state index contributed by atoms with van der Waals surface area (Å²) in [5, 5.41) is 12.2. The number of thiophene rings is 1. The van der Waals surface area contributed by atoms with E-state index < -0.39 is 0 Å². The molecule has 1 N–H and O–H groups in total. The number of rotatable bonds is 3. The van der Waals surface area contributed by atoms with Gasteiger partial charge in [0.05, 0.1) is 17.1 Å². The van der Waals surface area contributed by atoms with E-state index in [1.165, 1.54) is 29.4 Å². The molecular weight excluding hydrogens is 332 g/mol. The van der Waals surface area contributed by atoms with Crippen molar-refractivity contribution in [3.63, 3.8) is 0 Å². The first-order valence-corrected chi connectivity index (χ1v) is 8.63. The third-order valence-electron chi connectivity index (χ3n) is 3.61. The van der Waals surface area contributed by atoms with Crippen molar-refractivity contribution in [1.29, 1.82) is 5.26 Å². The fraction of sp³-hybridized carbons (Fsp3) is 0.214. The molecule has 1 fully saturated rings. The van der Waals surface area contributed by atoms with E-state index in [0.29, 0.717) is 24.2 Å². The number of hydrogen-bond donors (Lipinski definition) is 1. The fourth-order valence-electron chi connectivity index (χ4n) is 2.53. The number of hydrogen-bond acceptors (Lipinski definition) is 7. The zero-order valence-electron chi connectivity index (χ0n) is 11.8. The van der Waals surface area contributed by atoms with Crippen molar-refractivity contribution in [2.45, 2.75) is 16.7 Å². The Morgan fingerprint density at radius 1 is 1.43 bits per heavy atom. The molecule has 23 heavy (non-hydrogen) atoms. The predicted octanol–water partition coefficient (Wildman–Crippen LogP) is 2.18. The number of thioether (sulfide) groups is 1. The van der Waals surface area contributed by atoms with Crippen LogP contribution in [0.4, 0.5) is 5.00 Å². The van der Waals surface area contributed by atoms with Gasteiger partial charge in [-0.1, -0.05) is 11.8 Å². The number of carbonyl (C=O) groups is 1. The highest BCUT2D eigenvalue weighted by molar-refractivity contribution is 8.00. The Hall–Kier alpha value is -2.44. The van der Waals surface area contributed by atoms with Crippen LogP contribution in [-0.4, -0.2) is 37.6 Å². The summed E-state index contributed by atoms with van der Waals surface area (Å²) in [5.74, 6) is 0.0141. The predicted molar refractivity (Wildman–Crippen MR) is 87.3 cm³/mol. The number of fused-ring (bicyclic) bond motifs is 1. The molecule has 114 valence electrons. The van der Waals surface area contributed by atoms with Gasteiger partial charge in [-0.05, 0) is 17.9 Å². The molecule has 1 saturated heterocycles. The summed E-state index contributed by atoms with van der Waals surface area (Å²) in [6, 6.07) is 3.88. The van der Waals surface area contributed by atoms with Crippen molar-refractivity contribution < 1.29 is 4.79 Å². The first kappa shape index (κ1) is 14.2. The molecule has 0 aliphatic carbocycles. The molecule has 3 aromatic heterocycles. The van der Waals surface area contributed by atoms with Crippen molar-refractivity contribution in [2.75, 3.05) is 11.4 Å². The van der Waals surface area contributed by atoms with Crippen LogP contribution in [0.1, 0.15) is 12.0 Å². The third-order valence-corrected chi connectivity index (χ3v) is 5.80. The second kappa shape index (κ2) is 5.64. The number of amides is 1. The van der Waals surface area contributed by atoms with E-state index in [-0.39, 0.29) is 11.2 Å². The second-order valence-electron chi connectivity index (χ2n) is 4.92. The Balaban J connectivity index is 1.59. The Morgan fingerprint density at radius 3 is 3.22 bits per heavy atom. The smallest absolute Gasteiger partial charge is 0.241 e. The largest absolute Gasteiger partial charge is 0.341 e. The molecule has 1 atom stereocenters. The number of anilines is 1. The maximum Gasteiger partial charge on any atom is 0.241 e. The van der Waals surface area contributed by atoms with Gasteiger partial charge in [0.1, 0.15) is 27.9 Å². The maximum atomic E-state index is 12.7. The average Bonchev–Trinajstić information content (AvgIpc) is 3.28. The molecule has 4 heterocycles. The summed E-state index contributed by atoms with van der Waals surface area (Å²) in [4.78, 5) is 29.8. The third kappa shape index (κ3) is 2.36. The number of aromatic amines is 1. The zero-order chi connectivity index (χ0) is 15.8. The molecule has 4 rings (SSSR count). The van der Waals surface area contributed by atoms with Crippen LogP contribution in [0.25, 0.3) is 11.2 Å². The van der Waals surface area contributed by atoms with E-state index in [4.69, 9.17) is 5.26 Å². The van der Waals surface area contributed by atoms with Crippen LogP contribution < -0.4 is 4.90 Å². The molecule has 1 amide bonds. The van der Waals surface area contributed by atoms with Crippen LogP contribution in [-0.2, 0) is 4.79 Å². The highest BCUT2D eigenvalue weighted by Crippen LogP contribution is 2.37. The summed E-state index contributed by atoms with van der Waals surface area (Å²) in [6.45, 7) is 0.614. The number of nitriles is 1. The van der Waals surface area contributed by atoms with Crippen LogP contribution >= 0.6 is 23.1 Å². The standard InChI is InChI=1S/C14H10N6OS2/c15-5-8-2-4-22-14(8)20-3-1-9(13(20)21)23-12-10-11(17-6-16-10)18-7-19-12/h2,4,6-7,9H,1,3H2,(H,16,17,18,19)/t9-/m1/s1. The van der Waals surface area contributed by atoms with Crippen LogP contribution in [0.2, 0.25) is 0 Å². The minimum atomic E-state index is -0.218. The minimum absolute atomic E-state index is 0.0141.